The van der Waals surface area contributed by atoms with Crippen LogP contribution in [0.1, 0.15) is 12.0 Å². The van der Waals surface area contributed by atoms with E-state index >= 15 is 0 Å². The van der Waals surface area contributed by atoms with Crippen molar-refractivity contribution in [2.75, 3.05) is 6.61 Å². The van der Waals surface area contributed by atoms with Crippen LogP contribution >= 0.6 is 11.6 Å². The van der Waals surface area contributed by atoms with Crippen molar-refractivity contribution in [2.45, 2.75) is 12.8 Å². The number of halogens is 1. The molecule has 1 nitrogen and oxygen atoms in total. The zero-order valence-corrected chi connectivity index (χ0v) is 10.2. The third-order valence-electron chi connectivity index (χ3n) is 3.09. The lowest BCUT2D eigenvalue weighted by molar-refractivity contribution is 0.288. The van der Waals surface area contributed by atoms with E-state index in [0.717, 1.165) is 30.2 Å². The summed E-state index contributed by atoms with van der Waals surface area (Å²) in [5.41, 5.74) is 3.73. The minimum atomic E-state index is 0.773. The molecule has 0 spiro atoms. The number of rotatable bonds is 1. The Balaban J connectivity index is 2.01. The third kappa shape index (κ3) is 2.16. The van der Waals surface area contributed by atoms with Gasteiger partial charge in [0.15, 0.2) is 0 Å². The van der Waals surface area contributed by atoms with Gasteiger partial charge in [-0.05, 0) is 53.8 Å². The fourth-order valence-electron chi connectivity index (χ4n) is 2.18. The van der Waals surface area contributed by atoms with Crippen LogP contribution in [0, 0.1) is 0 Å². The smallest absolute Gasteiger partial charge is 0.122 e. The molecule has 2 aromatic carbocycles. The van der Waals surface area contributed by atoms with Crippen LogP contribution in [-0.4, -0.2) is 6.61 Å². The van der Waals surface area contributed by atoms with Crippen molar-refractivity contribution in [1.29, 1.82) is 0 Å². The first-order valence-corrected chi connectivity index (χ1v) is 6.22. The van der Waals surface area contributed by atoms with E-state index in [1.807, 2.05) is 24.3 Å². The molecule has 86 valence electrons. The van der Waals surface area contributed by atoms with E-state index in [0.29, 0.717) is 0 Å². The molecule has 0 saturated carbocycles. The lowest BCUT2D eigenvalue weighted by Crippen LogP contribution is -2.07. The van der Waals surface area contributed by atoms with E-state index < -0.39 is 0 Å². The molecule has 17 heavy (non-hydrogen) atoms. The Morgan fingerprint density at radius 1 is 0.941 bits per heavy atom. The van der Waals surface area contributed by atoms with E-state index in [4.69, 9.17) is 16.3 Å². The Hall–Kier alpha value is -1.47. The molecule has 0 aliphatic carbocycles. The number of hydrogen-bond acceptors (Lipinski definition) is 1. The lowest BCUT2D eigenvalue weighted by atomic mass is 9.99. The maximum atomic E-state index is 5.89. The SMILES string of the molecule is Clc1ccc(-c2ccc3c(c2)CCCO3)cc1. The van der Waals surface area contributed by atoms with Gasteiger partial charge in [0.25, 0.3) is 0 Å². The van der Waals surface area contributed by atoms with Gasteiger partial charge in [-0.2, -0.15) is 0 Å². The second kappa shape index (κ2) is 4.42. The lowest BCUT2D eigenvalue weighted by Gasteiger charge is -2.17. The maximum Gasteiger partial charge on any atom is 0.122 e. The molecule has 1 aliphatic heterocycles. The Labute approximate surface area is 106 Å². The first kappa shape index (κ1) is 10.7. The molecule has 0 amide bonds. The van der Waals surface area contributed by atoms with Gasteiger partial charge < -0.3 is 4.74 Å². The van der Waals surface area contributed by atoms with Crippen LogP contribution in [0.3, 0.4) is 0 Å². The predicted molar refractivity (Wildman–Crippen MR) is 70.7 cm³/mol. The van der Waals surface area contributed by atoms with Crippen molar-refractivity contribution < 1.29 is 4.74 Å². The number of fused-ring (bicyclic) bond motifs is 1. The molecule has 0 unspecified atom stereocenters. The normalized spacial score (nSPS) is 13.9. The molecule has 0 aromatic heterocycles. The topological polar surface area (TPSA) is 9.23 Å². The summed E-state index contributed by atoms with van der Waals surface area (Å²) in [4.78, 5) is 0. The summed E-state index contributed by atoms with van der Waals surface area (Å²) < 4.78 is 5.61. The Kier molecular flexibility index (Phi) is 2.77. The van der Waals surface area contributed by atoms with Gasteiger partial charge in [-0.1, -0.05) is 29.8 Å². The van der Waals surface area contributed by atoms with Gasteiger partial charge in [-0.25, -0.2) is 0 Å². The van der Waals surface area contributed by atoms with E-state index in [2.05, 4.69) is 18.2 Å². The molecule has 0 fully saturated rings. The van der Waals surface area contributed by atoms with Gasteiger partial charge >= 0.3 is 0 Å². The Morgan fingerprint density at radius 3 is 2.53 bits per heavy atom. The van der Waals surface area contributed by atoms with Crippen LogP contribution < -0.4 is 4.74 Å². The van der Waals surface area contributed by atoms with E-state index in [9.17, 15) is 0 Å². The highest BCUT2D eigenvalue weighted by Gasteiger charge is 2.10. The van der Waals surface area contributed by atoms with Gasteiger partial charge in [0.05, 0.1) is 6.61 Å². The molecule has 2 aromatic rings. The molecular weight excluding hydrogens is 232 g/mol. The first-order chi connectivity index (χ1) is 8.33. The average Bonchev–Trinajstić information content (AvgIpc) is 2.39. The van der Waals surface area contributed by atoms with E-state index in [1.54, 1.807) is 0 Å². The number of benzene rings is 2. The quantitative estimate of drug-likeness (QED) is 0.726. The van der Waals surface area contributed by atoms with Crippen LogP contribution in [0.5, 0.6) is 5.75 Å². The third-order valence-corrected chi connectivity index (χ3v) is 3.34. The number of ether oxygens (including phenoxy) is 1. The molecule has 0 bridgehead atoms. The largest absolute Gasteiger partial charge is 0.493 e. The van der Waals surface area contributed by atoms with Crippen LogP contribution in [0.15, 0.2) is 42.5 Å². The highest BCUT2D eigenvalue weighted by Crippen LogP contribution is 2.30. The summed E-state index contributed by atoms with van der Waals surface area (Å²) in [5, 5.41) is 0.773. The second-order valence-corrected chi connectivity index (χ2v) is 4.72. The summed E-state index contributed by atoms with van der Waals surface area (Å²) in [6.45, 7) is 0.841. The molecule has 0 saturated heterocycles. The van der Waals surface area contributed by atoms with Gasteiger partial charge in [-0.3, -0.25) is 0 Å². The van der Waals surface area contributed by atoms with E-state index in [1.165, 1.54) is 16.7 Å². The molecule has 1 aliphatic rings. The average molecular weight is 245 g/mol. The van der Waals surface area contributed by atoms with Crippen molar-refractivity contribution >= 4 is 11.6 Å². The molecular formula is C15H13ClO. The van der Waals surface area contributed by atoms with Crippen LogP contribution in [0.2, 0.25) is 5.02 Å². The summed E-state index contributed by atoms with van der Waals surface area (Å²) >= 11 is 5.89. The molecule has 3 rings (SSSR count). The van der Waals surface area contributed by atoms with Crippen molar-refractivity contribution in [3.63, 3.8) is 0 Å². The number of hydrogen-bond donors (Lipinski definition) is 0. The number of aryl methyl sites for hydroxylation is 1. The summed E-state index contributed by atoms with van der Waals surface area (Å²) in [7, 11) is 0. The summed E-state index contributed by atoms with van der Waals surface area (Å²) in [6.07, 6.45) is 2.22. The predicted octanol–water partition coefficient (Wildman–Crippen LogP) is 4.33. The molecule has 1 heterocycles. The zero-order chi connectivity index (χ0) is 11.7. The standard InChI is InChI=1S/C15H13ClO/c16-14-6-3-11(4-7-14)12-5-8-15-13(10-12)2-1-9-17-15/h3-8,10H,1-2,9H2. The molecule has 2 heteroatoms. The van der Waals surface area contributed by atoms with Gasteiger partial charge in [0, 0.05) is 5.02 Å². The van der Waals surface area contributed by atoms with Crippen molar-refractivity contribution in [2.24, 2.45) is 0 Å². The highest BCUT2D eigenvalue weighted by atomic mass is 35.5. The minimum Gasteiger partial charge on any atom is -0.493 e. The fourth-order valence-corrected chi connectivity index (χ4v) is 2.31. The first-order valence-electron chi connectivity index (χ1n) is 5.84. The zero-order valence-electron chi connectivity index (χ0n) is 9.45. The molecule has 0 radical (unpaired) electrons. The maximum absolute atomic E-state index is 5.89. The molecule has 0 N–H and O–H groups in total. The van der Waals surface area contributed by atoms with Gasteiger partial charge in [-0.15, -0.1) is 0 Å². The Bertz CT molecular complexity index is 531. The minimum absolute atomic E-state index is 0.773. The summed E-state index contributed by atoms with van der Waals surface area (Å²) in [5.74, 6) is 1.04. The van der Waals surface area contributed by atoms with Crippen LogP contribution in [-0.2, 0) is 6.42 Å². The van der Waals surface area contributed by atoms with E-state index in [-0.39, 0.29) is 0 Å². The van der Waals surface area contributed by atoms with Crippen LogP contribution in [0.25, 0.3) is 11.1 Å². The fraction of sp³-hybridized carbons (Fsp3) is 0.200. The molecule has 0 atom stereocenters. The van der Waals surface area contributed by atoms with Crippen molar-refractivity contribution in [3.05, 3.63) is 53.1 Å². The van der Waals surface area contributed by atoms with Crippen molar-refractivity contribution in [1.82, 2.24) is 0 Å². The monoisotopic (exact) mass is 244 g/mol. The Morgan fingerprint density at radius 2 is 1.71 bits per heavy atom. The van der Waals surface area contributed by atoms with Gasteiger partial charge in [0.1, 0.15) is 5.75 Å². The highest BCUT2D eigenvalue weighted by molar-refractivity contribution is 6.30. The second-order valence-electron chi connectivity index (χ2n) is 4.28. The van der Waals surface area contributed by atoms with Crippen LogP contribution in [0.4, 0.5) is 0 Å². The van der Waals surface area contributed by atoms with Gasteiger partial charge in [0.2, 0.25) is 0 Å². The van der Waals surface area contributed by atoms with Crippen molar-refractivity contribution in [3.8, 4) is 16.9 Å². The summed E-state index contributed by atoms with van der Waals surface area (Å²) in [6, 6.07) is 14.3.